The van der Waals surface area contributed by atoms with Gasteiger partial charge in [-0.15, -0.1) is 0 Å². The van der Waals surface area contributed by atoms with Crippen molar-refractivity contribution in [2.75, 3.05) is 13.6 Å². The van der Waals surface area contributed by atoms with Gasteiger partial charge in [0.2, 0.25) is 0 Å². The highest BCUT2D eigenvalue weighted by Gasteiger charge is 2.30. The van der Waals surface area contributed by atoms with Gasteiger partial charge < -0.3 is 9.64 Å². The lowest BCUT2D eigenvalue weighted by atomic mass is 10.2. The van der Waals surface area contributed by atoms with Crippen molar-refractivity contribution >= 4 is 5.91 Å². The molecule has 0 N–H and O–H groups in total. The summed E-state index contributed by atoms with van der Waals surface area (Å²) < 4.78 is 5.62. The number of hydrogen-bond acceptors (Lipinski definition) is 2. The van der Waals surface area contributed by atoms with Crippen LogP contribution in [-0.2, 0) is 4.79 Å². The van der Waals surface area contributed by atoms with Crippen LogP contribution in [0.25, 0.3) is 0 Å². The van der Waals surface area contributed by atoms with Gasteiger partial charge in [0.05, 0.1) is 0 Å². The molecule has 0 saturated carbocycles. The van der Waals surface area contributed by atoms with E-state index in [0.717, 1.165) is 18.7 Å². The monoisotopic (exact) mass is 205 g/mol. The topological polar surface area (TPSA) is 29.5 Å². The predicted octanol–water partition coefficient (Wildman–Crippen LogP) is 1.60. The van der Waals surface area contributed by atoms with E-state index in [4.69, 9.17) is 4.74 Å². The average molecular weight is 205 g/mol. The van der Waals surface area contributed by atoms with Crippen LogP contribution in [0.4, 0.5) is 0 Å². The van der Waals surface area contributed by atoms with Gasteiger partial charge in [-0.3, -0.25) is 4.79 Å². The number of nitrogens with zero attached hydrogens (tertiary/aromatic N) is 1. The molecule has 0 radical (unpaired) electrons. The Morgan fingerprint density at radius 1 is 1.33 bits per heavy atom. The van der Waals surface area contributed by atoms with Crippen LogP contribution >= 0.6 is 0 Å². The Morgan fingerprint density at radius 3 is 2.53 bits per heavy atom. The van der Waals surface area contributed by atoms with Crippen molar-refractivity contribution in [1.29, 1.82) is 0 Å². The molecule has 3 nitrogen and oxygen atoms in total. The highest BCUT2D eigenvalue weighted by atomic mass is 16.5. The van der Waals surface area contributed by atoms with Crippen LogP contribution in [0.3, 0.4) is 0 Å². The fourth-order valence-electron chi connectivity index (χ4n) is 1.68. The molecule has 1 aromatic carbocycles. The lowest BCUT2D eigenvalue weighted by Gasteiger charge is -2.12. The Kier molecular flexibility index (Phi) is 2.62. The third-order valence-electron chi connectivity index (χ3n) is 2.68. The summed E-state index contributed by atoms with van der Waals surface area (Å²) in [6.45, 7) is 2.81. The summed E-state index contributed by atoms with van der Waals surface area (Å²) in [7, 11) is 1.81. The van der Waals surface area contributed by atoms with Crippen LogP contribution in [0.1, 0.15) is 12.0 Å². The summed E-state index contributed by atoms with van der Waals surface area (Å²) in [5, 5.41) is 0. The summed E-state index contributed by atoms with van der Waals surface area (Å²) in [6, 6.07) is 7.78. The first kappa shape index (κ1) is 10.0. The Bertz CT molecular complexity index is 358. The van der Waals surface area contributed by atoms with Crippen molar-refractivity contribution < 1.29 is 9.53 Å². The summed E-state index contributed by atoms with van der Waals surface area (Å²) in [5.74, 6) is 0.852. The standard InChI is InChI=1S/C12H15NO2/c1-9-3-5-10(6-4-9)15-11-7-8-13(2)12(11)14/h3-6,11H,7-8H2,1-2H3. The van der Waals surface area contributed by atoms with E-state index in [-0.39, 0.29) is 12.0 Å². The van der Waals surface area contributed by atoms with Crippen LogP contribution in [0, 0.1) is 6.92 Å². The minimum Gasteiger partial charge on any atom is -0.481 e. The van der Waals surface area contributed by atoms with Crippen LogP contribution in [0.2, 0.25) is 0 Å². The number of ether oxygens (including phenoxy) is 1. The smallest absolute Gasteiger partial charge is 0.263 e. The lowest BCUT2D eigenvalue weighted by molar-refractivity contribution is -0.132. The minimum atomic E-state index is -0.294. The van der Waals surface area contributed by atoms with Gasteiger partial charge in [0.15, 0.2) is 6.10 Å². The Hall–Kier alpha value is -1.51. The number of likely N-dealkylation sites (N-methyl/N-ethyl adjacent to an activating group) is 1. The molecule has 0 spiro atoms. The van der Waals surface area contributed by atoms with E-state index in [1.807, 2.05) is 31.2 Å². The molecular weight excluding hydrogens is 190 g/mol. The van der Waals surface area contributed by atoms with Crippen molar-refractivity contribution in [1.82, 2.24) is 4.90 Å². The van der Waals surface area contributed by atoms with Gasteiger partial charge in [0, 0.05) is 20.0 Å². The predicted molar refractivity (Wildman–Crippen MR) is 57.8 cm³/mol. The molecule has 2 rings (SSSR count). The van der Waals surface area contributed by atoms with E-state index in [2.05, 4.69) is 0 Å². The van der Waals surface area contributed by atoms with Crippen molar-refractivity contribution in [2.24, 2.45) is 0 Å². The quantitative estimate of drug-likeness (QED) is 0.734. The molecule has 15 heavy (non-hydrogen) atoms. The highest BCUT2D eigenvalue weighted by Crippen LogP contribution is 2.18. The molecule has 1 atom stereocenters. The molecule has 1 fully saturated rings. The third-order valence-corrected chi connectivity index (χ3v) is 2.68. The molecule has 1 aromatic rings. The third kappa shape index (κ3) is 2.12. The van der Waals surface area contributed by atoms with Gasteiger partial charge in [-0.25, -0.2) is 0 Å². The van der Waals surface area contributed by atoms with Crippen LogP contribution in [0.15, 0.2) is 24.3 Å². The first-order valence-electron chi connectivity index (χ1n) is 5.15. The van der Waals surface area contributed by atoms with E-state index in [0.29, 0.717) is 0 Å². The van der Waals surface area contributed by atoms with Crippen molar-refractivity contribution in [2.45, 2.75) is 19.4 Å². The molecule has 3 heteroatoms. The Morgan fingerprint density at radius 2 is 2.00 bits per heavy atom. The zero-order valence-corrected chi connectivity index (χ0v) is 9.06. The summed E-state index contributed by atoms with van der Waals surface area (Å²) in [4.78, 5) is 13.3. The summed E-state index contributed by atoms with van der Waals surface area (Å²) in [5.41, 5.74) is 1.19. The fraction of sp³-hybridized carbons (Fsp3) is 0.417. The van der Waals surface area contributed by atoms with Crippen LogP contribution in [0.5, 0.6) is 5.75 Å². The largest absolute Gasteiger partial charge is 0.481 e. The molecule has 1 amide bonds. The number of aryl methyl sites for hydroxylation is 1. The SMILES string of the molecule is Cc1ccc(OC2CCN(C)C2=O)cc1. The Balaban J connectivity index is 2.03. The number of hydrogen-bond donors (Lipinski definition) is 0. The second-order valence-corrected chi connectivity index (χ2v) is 3.97. The maximum Gasteiger partial charge on any atom is 0.263 e. The van der Waals surface area contributed by atoms with E-state index < -0.39 is 0 Å². The van der Waals surface area contributed by atoms with E-state index in [1.54, 1.807) is 11.9 Å². The summed E-state index contributed by atoms with van der Waals surface area (Å²) >= 11 is 0. The average Bonchev–Trinajstić information content (AvgIpc) is 2.53. The molecule has 0 bridgehead atoms. The summed E-state index contributed by atoms with van der Waals surface area (Å²) in [6.07, 6.45) is 0.487. The van der Waals surface area contributed by atoms with Gasteiger partial charge >= 0.3 is 0 Å². The normalized spacial score (nSPS) is 20.8. The van der Waals surface area contributed by atoms with Gasteiger partial charge in [0.1, 0.15) is 5.75 Å². The maximum absolute atomic E-state index is 11.6. The number of rotatable bonds is 2. The van der Waals surface area contributed by atoms with E-state index in [1.165, 1.54) is 5.56 Å². The van der Waals surface area contributed by atoms with Gasteiger partial charge in [-0.2, -0.15) is 0 Å². The molecule has 1 saturated heterocycles. The molecule has 80 valence electrons. The molecule has 1 heterocycles. The molecule has 1 aliphatic rings. The fourth-order valence-corrected chi connectivity index (χ4v) is 1.68. The number of carbonyl (C=O) groups is 1. The molecule has 0 aromatic heterocycles. The number of carbonyl (C=O) groups excluding carboxylic acids is 1. The van der Waals surface area contributed by atoms with Crippen molar-refractivity contribution in [3.8, 4) is 5.75 Å². The highest BCUT2D eigenvalue weighted by molar-refractivity contribution is 5.83. The zero-order chi connectivity index (χ0) is 10.8. The number of amides is 1. The minimum absolute atomic E-state index is 0.0792. The van der Waals surface area contributed by atoms with Crippen LogP contribution in [-0.4, -0.2) is 30.5 Å². The number of benzene rings is 1. The molecule has 1 aliphatic heterocycles. The Labute approximate surface area is 89.7 Å². The maximum atomic E-state index is 11.6. The van der Waals surface area contributed by atoms with Crippen molar-refractivity contribution in [3.63, 3.8) is 0 Å². The van der Waals surface area contributed by atoms with Gasteiger partial charge in [-0.1, -0.05) is 17.7 Å². The number of likely N-dealkylation sites (tertiary alicyclic amines) is 1. The molecular formula is C12H15NO2. The lowest BCUT2D eigenvalue weighted by Crippen LogP contribution is -2.29. The van der Waals surface area contributed by atoms with Crippen LogP contribution < -0.4 is 4.74 Å². The van der Waals surface area contributed by atoms with E-state index in [9.17, 15) is 4.79 Å². The van der Waals surface area contributed by atoms with E-state index >= 15 is 0 Å². The molecule has 1 unspecified atom stereocenters. The first-order valence-corrected chi connectivity index (χ1v) is 5.15. The van der Waals surface area contributed by atoms with Crippen molar-refractivity contribution in [3.05, 3.63) is 29.8 Å². The van der Waals surface area contributed by atoms with Gasteiger partial charge in [0.25, 0.3) is 5.91 Å². The molecule has 0 aliphatic carbocycles. The van der Waals surface area contributed by atoms with Gasteiger partial charge in [-0.05, 0) is 19.1 Å². The zero-order valence-electron chi connectivity index (χ0n) is 9.06. The second-order valence-electron chi connectivity index (χ2n) is 3.97. The first-order chi connectivity index (χ1) is 7.16. The second kappa shape index (κ2) is 3.93.